The monoisotopic (exact) mass is 403 g/mol. The van der Waals surface area contributed by atoms with E-state index in [-0.39, 0.29) is 0 Å². The molecule has 3 N–H and O–H groups in total. The first-order chi connectivity index (χ1) is 13.7. The molecule has 2 aromatic rings. The topological polar surface area (TPSA) is 87.3 Å². The molecular weight excluding hydrogens is 380 g/mol. The van der Waals surface area contributed by atoms with Gasteiger partial charge in [0.2, 0.25) is 0 Å². The van der Waals surface area contributed by atoms with Crippen LogP contribution in [0.15, 0.2) is 42.5 Å². The smallest absolute Gasteiger partial charge is 0.269 e. The van der Waals surface area contributed by atoms with Crippen LogP contribution in [0.1, 0.15) is 47.1 Å². The van der Waals surface area contributed by atoms with Gasteiger partial charge in [0.05, 0.1) is 0 Å². The zero-order chi connectivity index (χ0) is 21.6. The Balaban J connectivity index is 2.03. The van der Waals surface area contributed by atoms with Crippen molar-refractivity contribution in [1.82, 2.24) is 16.2 Å². The molecule has 8 heteroatoms. The van der Waals surface area contributed by atoms with Gasteiger partial charge in [-0.25, -0.2) is 8.78 Å². The Morgan fingerprint density at radius 2 is 1.48 bits per heavy atom. The van der Waals surface area contributed by atoms with E-state index in [1.54, 1.807) is 38.1 Å². The van der Waals surface area contributed by atoms with E-state index in [2.05, 4.69) is 16.2 Å². The summed E-state index contributed by atoms with van der Waals surface area (Å²) >= 11 is 0. The Bertz CT molecular complexity index is 878. The van der Waals surface area contributed by atoms with Gasteiger partial charge in [0.25, 0.3) is 17.7 Å². The summed E-state index contributed by atoms with van der Waals surface area (Å²) in [4.78, 5) is 36.9. The van der Waals surface area contributed by atoms with Crippen LogP contribution in [0.4, 0.5) is 8.78 Å². The van der Waals surface area contributed by atoms with Gasteiger partial charge in [-0.2, -0.15) is 0 Å². The summed E-state index contributed by atoms with van der Waals surface area (Å²) in [6.45, 7) is 5.28. The summed E-state index contributed by atoms with van der Waals surface area (Å²) in [6, 6.07) is 8.78. The van der Waals surface area contributed by atoms with Crippen molar-refractivity contribution in [2.24, 2.45) is 5.92 Å². The van der Waals surface area contributed by atoms with Gasteiger partial charge in [0, 0.05) is 5.56 Å². The van der Waals surface area contributed by atoms with Gasteiger partial charge in [-0.1, -0.05) is 39.0 Å². The summed E-state index contributed by atoms with van der Waals surface area (Å²) in [5.41, 5.74) is 5.15. The highest BCUT2D eigenvalue weighted by Crippen LogP contribution is 2.13. The second-order valence-electron chi connectivity index (χ2n) is 6.79. The summed E-state index contributed by atoms with van der Waals surface area (Å²) < 4.78 is 27.6. The summed E-state index contributed by atoms with van der Waals surface area (Å²) in [5.74, 6) is -4.78. The highest BCUT2D eigenvalue weighted by molar-refractivity contribution is 5.99. The molecule has 0 unspecified atom stereocenters. The van der Waals surface area contributed by atoms with Gasteiger partial charge in [-0.15, -0.1) is 0 Å². The first-order valence-corrected chi connectivity index (χ1v) is 9.18. The lowest BCUT2D eigenvalue weighted by Crippen LogP contribution is -2.54. The number of hydrogen-bond acceptors (Lipinski definition) is 3. The lowest BCUT2D eigenvalue weighted by molar-refractivity contribution is -0.124. The SMILES string of the molecule is CCc1ccc(C(=O)NNC(=O)[C@@H](NC(=O)c2c(F)cccc2F)C(C)C)cc1. The number of aryl methyl sites for hydroxylation is 1. The molecular formula is C21H23F2N3O3. The zero-order valence-corrected chi connectivity index (χ0v) is 16.4. The van der Waals surface area contributed by atoms with Crippen molar-refractivity contribution in [2.45, 2.75) is 33.2 Å². The van der Waals surface area contributed by atoms with E-state index in [0.717, 1.165) is 30.2 Å². The molecule has 2 aromatic carbocycles. The van der Waals surface area contributed by atoms with Gasteiger partial charge >= 0.3 is 0 Å². The maximum absolute atomic E-state index is 13.8. The second kappa shape index (κ2) is 9.77. The quantitative estimate of drug-likeness (QED) is 0.648. The van der Waals surface area contributed by atoms with Crippen LogP contribution in [0.3, 0.4) is 0 Å². The van der Waals surface area contributed by atoms with E-state index in [4.69, 9.17) is 0 Å². The Hall–Kier alpha value is -3.29. The molecule has 0 heterocycles. The molecule has 0 fully saturated rings. The van der Waals surface area contributed by atoms with Crippen molar-refractivity contribution < 1.29 is 23.2 Å². The van der Waals surface area contributed by atoms with E-state index in [9.17, 15) is 23.2 Å². The van der Waals surface area contributed by atoms with Crippen molar-refractivity contribution >= 4 is 17.7 Å². The molecule has 0 aliphatic carbocycles. The van der Waals surface area contributed by atoms with Gasteiger partial charge < -0.3 is 5.32 Å². The molecule has 29 heavy (non-hydrogen) atoms. The average molecular weight is 403 g/mol. The molecule has 0 bridgehead atoms. The number of carbonyl (C=O) groups is 3. The first kappa shape index (κ1) is 22.0. The number of carbonyl (C=O) groups excluding carboxylic acids is 3. The molecule has 0 radical (unpaired) electrons. The summed E-state index contributed by atoms with van der Waals surface area (Å²) in [7, 11) is 0. The van der Waals surface area contributed by atoms with Crippen LogP contribution in [0.25, 0.3) is 0 Å². The fourth-order valence-corrected chi connectivity index (χ4v) is 2.62. The molecule has 1 atom stereocenters. The van der Waals surface area contributed by atoms with E-state index in [0.29, 0.717) is 5.56 Å². The van der Waals surface area contributed by atoms with Crippen LogP contribution in [-0.2, 0) is 11.2 Å². The number of amides is 3. The van der Waals surface area contributed by atoms with Crippen LogP contribution >= 0.6 is 0 Å². The Kier molecular flexibility index (Phi) is 7.41. The summed E-state index contributed by atoms with van der Waals surface area (Å²) in [5, 5.41) is 2.31. The van der Waals surface area contributed by atoms with E-state index in [1.807, 2.05) is 6.92 Å². The van der Waals surface area contributed by atoms with Gasteiger partial charge in [0.15, 0.2) is 0 Å². The maximum Gasteiger partial charge on any atom is 0.269 e. The largest absolute Gasteiger partial charge is 0.340 e. The number of halogens is 2. The number of hydrazine groups is 1. The molecule has 154 valence electrons. The Morgan fingerprint density at radius 3 is 2.00 bits per heavy atom. The van der Waals surface area contributed by atoms with E-state index in [1.165, 1.54) is 0 Å². The Morgan fingerprint density at radius 1 is 0.897 bits per heavy atom. The third kappa shape index (κ3) is 5.60. The molecule has 0 saturated carbocycles. The van der Waals surface area contributed by atoms with Crippen LogP contribution in [-0.4, -0.2) is 23.8 Å². The highest BCUT2D eigenvalue weighted by atomic mass is 19.1. The number of hydrogen-bond donors (Lipinski definition) is 3. The van der Waals surface area contributed by atoms with Crippen LogP contribution in [0, 0.1) is 17.6 Å². The first-order valence-electron chi connectivity index (χ1n) is 9.18. The van der Waals surface area contributed by atoms with Crippen molar-refractivity contribution in [1.29, 1.82) is 0 Å². The Labute approximate surface area is 167 Å². The van der Waals surface area contributed by atoms with Crippen LogP contribution < -0.4 is 16.2 Å². The van der Waals surface area contributed by atoms with E-state index >= 15 is 0 Å². The molecule has 0 saturated heterocycles. The minimum absolute atomic E-state index is 0.348. The minimum Gasteiger partial charge on any atom is -0.340 e. The summed E-state index contributed by atoms with van der Waals surface area (Å²) in [6.07, 6.45) is 0.830. The van der Waals surface area contributed by atoms with Gasteiger partial charge in [-0.05, 0) is 42.2 Å². The normalized spacial score (nSPS) is 11.7. The highest BCUT2D eigenvalue weighted by Gasteiger charge is 2.27. The molecule has 2 rings (SSSR count). The van der Waals surface area contributed by atoms with Gasteiger partial charge in [-0.3, -0.25) is 25.2 Å². The number of rotatable bonds is 6. The lowest BCUT2D eigenvalue weighted by atomic mass is 10.0. The van der Waals surface area contributed by atoms with Crippen molar-refractivity contribution in [3.63, 3.8) is 0 Å². The molecule has 3 amide bonds. The molecule has 0 aliphatic heterocycles. The predicted molar refractivity (Wildman–Crippen MR) is 104 cm³/mol. The minimum atomic E-state index is -1.12. The lowest BCUT2D eigenvalue weighted by Gasteiger charge is -2.22. The van der Waals surface area contributed by atoms with Crippen molar-refractivity contribution in [3.05, 3.63) is 70.8 Å². The van der Waals surface area contributed by atoms with Crippen molar-refractivity contribution in [3.8, 4) is 0 Å². The van der Waals surface area contributed by atoms with Crippen LogP contribution in [0.2, 0.25) is 0 Å². The molecule has 0 aliphatic rings. The fraction of sp³-hybridized carbons (Fsp3) is 0.286. The molecule has 0 aromatic heterocycles. The molecule has 6 nitrogen and oxygen atoms in total. The predicted octanol–water partition coefficient (Wildman–Crippen LogP) is 2.74. The fourth-order valence-electron chi connectivity index (χ4n) is 2.62. The molecule has 0 spiro atoms. The second-order valence-corrected chi connectivity index (χ2v) is 6.79. The zero-order valence-electron chi connectivity index (χ0n) is 16.4. The van der Waals surface area contributed by atoms with Gasteiger partial charge in [0.1, 0.15) is 23.2 Å². The number of nitrogens with one attached hydrogen (secondary N) is 3. The van der Waals surface area contributed by atoms with Crippen molar-refractivity contribution in [2.75, 3.05) is 0 Å². The van der Waals surface area contributed by atoms with Crippen LogP contribution in [0.5, 0.6) is 0 Å². The average Bonchev–Trinajstić information content (AvgIpc) is 2.69. The van der Waals surface area contributed by atoms with E-state index < -0.39 is 46.9 Å². The number of benzene rings is 2. The maximum atomic E-state index is 13.8. The third-order valence-electron chi connectivity index (χ3n) is 4.35. The standard InChI is InChI=1S/C21H23F2N3O3/c1-4-13-8-10-14(11-9-13)19(27)25-26-21(29)18(12(2)3)24-20(28)17-15(22)6-5-7-16(17)23/h5-12,18H,4H2,1-3H3,(H,24,28)(H,25,27)(H,26,29)/t18-/m0/s1. The third-order valence-corrected chi connectivity index (χ3v) is 4.35.